The Balaban J connectivity index is 3.58. The zero-order valence-electron chi connectivity index (χ0n) is 19.0. The maximum absolute atomic E-state index is 12.6. The lowest BCUT2D eigenvalue weighted by molar-refractivity contribution is -0.248. The van der Waals surface area contributed by atoms with E-state index in [1.807, 2.05) is 0 Å². The number of hydrogen-bond donors (Lipinski definition) is 0. The molecule has 0 aliphatic carbocycles. The number of carbonyl (C=O) groups excluding carboxylic acids is 6. The summed E-state index contributed by atoms with van der Waals surface area (Å²) in [5.74, 6) is -8.08. The first-order chi connectivity index (χ1) is 15.3. The lowest BCUT2D eigenvalue weighted by Gasteiger charge is -2.39. The minimum Gasteiger partial charge on any atom is -0.463 e. The smallest absolute Gasteiger partial charge is 0.392 e. The minimum atomic E-state index is -2.43. The van der Waals surface area contributed by atoms with Gasteiger partial charge < -0.3 is 33.2 Å². The fourth-order valence-electron chi connectivity index (χ4n) is 2.92. The maximum Gasteiger partial charge on any atom is 0.392 e. The van der Waals surface area contributed by atoms with E-state index in [0.29, 0.717) is 0 Å². The first-order valence-corrected chi connectivity index (χ1v) is 9.63. The summed E-state index contributed by atoms with van der Waals surface area (Å²) in [6.45, 7) is 4.73. The van der Waals surface area contributed by atoms with Crippen LogP contribution >= 0.6 is 0 Å². The molecule has 1 aliphatic heterocycles. The topological polar surface area (TPSA) is 167 Å². The Hall–Kier alpha value is -3.64. The van der Waals surface area contributed by atoms with E-state index in [-0.39, 0.29) is 5.76 Å². The summed E-state index contributed by atoms with van der Waals surface area (Å²) in [7, 11) is 1.00. The normalized spacial score (nSPS) is 21.2. The van der Waals surface area contributed by atoms with Crippen molar-refractivity contribution in [1.82, 2.24) is 0 Å². The van der Waals surface area contributed by atoms with E-state index in [9.17, 15) is 28.8 Å². The van der Waals surface area contributed by atoms with Crippen LogP contribution in [0.25, 0.3) is 0 Å². The number of rotatable bonds is 9. The van der Waals surface area contributed by atoms with Crippen LogP contribution in [0.3, 0.4) is 0 Å². The van der Waals surface area contributed by atoms with Gasteiger partial charge in [-0.05, 0) is 6.08 Å². The molecule has 0 fully saturated rings. The van der Waals surface area contributed by atoms with Crippen LogP contribution in [0.2, 0.25) is 0 Å². The Kier molecular flexibility index (Phi) is 9.82. The molecule has 0 aromatic carbocycles. The predicted octanol–water partition coefficient (Wildman–Crippen LogP) is 0.0812. The average Bonchev–Trinajstić information content (AvgIpc) is 2.66. The largest absolute Gasteiger partial charge is 0.463 e. The second-order valence-corrected chi connectivity index (χ2v) is 6.84. The van der Waals surface area contributed by atoms with Gasteiger partial charge >= 0.3 is 41.6 Å². The lowest BCUT2D eigenvalue weighted by Crippen LogP contribution is -2.53. The van der Waals surface area contributed by atoms with E-state index in [4.69, 9.17) is 28.4 Å². The van der Waals surface area contributed by atoms with Gasteiger partial charge in [0.2, 0.25) is 0 Å². The molecule has 0 bridgehead atoms. The third-order valence-electron chi connectivity index (χ3n) is 3.90. The lowest BCUT2D eigenvalue weighted by atomic mass is 10.00. The second kappa shape index (κ2) is 11.8. The molecule has 0 saturated carbocycles. The van der Waals surface area contributed by atoms with Crippen LogP contribution in [0.5, 0.6) is 0 Å². The van der Waals surface area contributed by atoms with Crippen molar-refractivity contribution >= 4 is 35.8 Å². The van der Waals surface area contributed by atoms with Crippen LogP contribution < -0.4 is 0 Å². The van der Waals surface area contributed by atoms with Crippen molar-refractivity contribution in [2.45, 2.75) is 65.1 Å². The Labute approximate surface area is 189 Å². The van der Waals surface area contributed by atoms with Crippen molar-refractivity contribution in [3.05, 3.63) is 11.8 Å². The van der Waals surface area contributed by atoms with E-state index in [1.165, 1.54) is 6.08 Å². The highest BCUT2D eigenvalue weighted by Crippen LogP contribution is 2.35. The molecule has 0 spiro atoms. The van der Waals surface area contributed by atoms with Crippen molar-refractivity contribution in [2.75, 3.05) is 13.7 Å². The maximum atomic E-state index is 12.6. The molecule has 0 amide bonds. The quantitative estimate of drug-likeness (QED) is 0.326. The number of esters is 6. The molecule has 13 heteroatoms. The predicted molar refractivity (Wildman–Crippen MR) is 104 cm³/mol. The average molecular weight is 474 g/mol. The zero-order chi connectivity index (χ0) is 25.3. The van der Waals surface area contributed by atoms with E-state index in [2.05, 4.69) is 4.74 Å². The molecule has 184 valence electrons. The Morgan fingerprint density at radius 2 is 1.55 bits per heavy atom. The van der Waals surface area contributed by atoms with Crippen molar-refractivity contribution in [2.24, 2.45) is 0 Å². The molecule has 4 atom stereocenters. The second-order valence-electron chi connectivity index (χ2n) is 6.84. The summed E-state index contributed by atoms with van der Waals surface area (Å²) in [4.78, 5) is 70.6. The molecule has 0 aromatic heterocycles. The third-order valence-corrected chi connectivity index (χ3v) is 3.90. The molecule has 1 aliphatic rings. The Morgan fingerprint density at radius 3 is 2.00 bits per heavy atom. The molecule has 0 unspecified atom stereocenters. The summed E-state index contributed by atoms with van der Waals surface area (Å²) in [5.41, 5.74) is 0. The van der Waals surface area contributed by atoms with Crippen molar-refractivity contribution in [1.29, 1.82) is 0 Å². The van der Waals surface area contributed by atoms with Gasteiger partial charge in [-0.1, -0.05) is 0 Å². The SMILES string of the molecule is COC(=O)[C@]1(OC(C)=O)C[C@H](OC(C)=O)C=C([C@H](OC(C)=O)[C@@H](COC(C)=O)OC(C)=O)O1. The van der Waals surface area contributed by atoms with E-state index in [1.54, 1.807) is 0 Å². The summed E-state index contributed by atoms with van der Waals surface area (Å²) in [6, 6.07) is 0. The molecule has 33 heavy (non-hydrogen) atoms. The highest BCUT2D eigenvalue weighted by molar-refractivity contribution is 5.82. The van der Waals surface area contributed by atoms with Gasteiger partial charge in [0.1, 0.15) is 18.5 Å². The van der Waals surface area contributed by atoms with Gasteiger partial charge in [0.25, 0.3) is 0 Å². The van der Waals surface area contributed by atoms with Crippen LogP contribution in [0.1, 0.15) is 41.0 Å². The van der Waals surface area contributed by atoms with Crippen LogP contribution in [-0.4, -0.2) is 73.6 Å². The van der Waals surface area contributed by atoms with Gasteiger partial charge in [-0.25, -0.2) is 4.79 Å². The summed E-state index contributed by atoms with van der Waals surface area (Å²) >= 11 is 0. The van der Waals surface area contributed by atoms with Crippen molar-refractivity contribution < 1.29 is 61.9 Å². The van der Waals surface area contributed by atoms with E-state index < -0.39 is 72.9 Å². The summed E-state index contributed by atoms with van der Waals surface area (Å²) in [5, 5.41) is 0. The summed E-state index contributed by atoms with van der Waals surface area (Å²) < 4.78 is 35.8. The minimum absolute atomic E-state index is 0.382. The number of methoxy groups -OCH3 is 1. The number of carbonyl (C=O) groups is 6. The van der Waals surface area contributed by atoms with Gasteiger partial charge in [-0.3, -0.25) is 24.0 Å². The summed E-state index contributed by atoms with van der Waals surface area (Å²) in [6.07, 6.45) is -3.56. The molecule has 1 rings (SSSR count). The van der Waals surface area contributed by atoms with Gasteiger partial charge in [0.15, 0.2) is 12.2 Å². The van der Waals surface area contributed by atoms with Crippen molar-refractivity contribution in [3.63, 3.8) is 0 Å². The van der Waals surface area contributed by atoms with E-state index >= 15 is 0 Å². The zero-order valence-corrected chi connectivity index (χ0v) is 19.0. The van der Waals surface area contributed by atoms with Gasteiger partial charge in [-0.15, -0.1) is 0 Å². The molecule has 0 aromatic rings. The first kappa shape index (κ1) is 27.4. The van der Waals surface area contributed by atoms with Crippen LogP contribution in [0.15, 0.2) is 11.8 Å². The molecule has 13 nitrogen and oxygen atoms in total. The molecular weight excluding hydrogens is 448 g/mol. The molecule has 0 radical (unpaired) electrons. The highest BCUT2D eigenvalue weighted by Gasteiger charge is 2.53. The molecule has 0 N–H and O–H groups in total. The van der Waals surface area contributed by atoms with Gasteiger partial charge in [-0.2, -0.15) is 0 Å². The van der Waals surface area contributed by atoms with E-state index in [0.717, 1.165) is 41.7 Å². The molecular formula is C20H26O13. The van der Waals surface area contributed by atoms with Gasteiger partial charge in [0, 0.05) is 34.6 Å². The fraction of sp³-hybridized carbons (Fsp3) is 0.600. The Morgan fingerprint density at radius 1 is 0.939 bits per heavy atom. The van der Waals surface area contributed by atoms with Crippen LogP contribution in [-0.2, 0) is 61.9 Å². The fourth-order valence-corrected chi connectivity index (χ4v) is 2.92. The standard InChI is InChI=1S/C20H26O13/c1-10(21)28-9-17(30-12(3)23)18(31-13(4)24)16-7-15(29-11(2)22)8-20(33-16,19(26)27-6)32-14(5)25/h7,15,17-18H,8-9H2,1-6H3/t15-,17-,18+,20+/m1/s1. The van der Waals surface area contributed by atoms with Gasteiger partial charge in [0.05, 0.1) is 13.5 Å². The number of ether oxygens (including phenoxy) is 7. The monoisotopic (exact) mass is 474 g/mol. The molecule has 0 saturated heterocycles. The third kappa shape index (κ3) is 8.43. The Bertz CT molecular complexity index is 830. The molecule has 1 heterocycles. The first-order valence-electron chi connectivity index (χ1n) is 9.63. The number of hydrogen-bond acceptors (Lipinski definition) is 13. The van der Waals surface area contributed by atoms with Crippen LogP contribution in [0.4, 0.5) is 0 Å². The van der Waals surface area contributed by atoms with Crippen LogP contribution in [0, 0.1) is 0 Å². The highest BCUT2D eigenvalue weighted by atomic mass is 16.8. The van der Waals surface area contributed by atoms with Crippen molar-refractivity contribution in [3.8, 4) is 0 Å².